The van der Waals surface area contributed by atoms with E-state index in [-0.39, 0.29) is 19.1 Å². The largest absolute Gasteiger partial charge is 0.323 e. The summed E-state index contributed by atoms with van der Waals surface area (Å²) in [5.41, 5.74) is 3.64. The van der Waals surface area contributed by atoms with Crippen LogP contribution in [0.1, 0.15) is 29.5 Å². The summed E-state index contributed by atoms with van der Waals surface area (Å²) >= 11 is 0. The van der Waals surface area contributed by atoms with Gasteiger partial charge in [-0.3, -0.25) is 0 Å². The Labute approximate surface area is 163 Å². The molecule has 0 N–H and O–H groups in total. The molecule has 0 aliphatic carbocycles. The van der Waals surface area contributed by atoms with Crippen molar-refractivity contribution in [1.82, 2.24) is 0 Å². The highest BCUT2D eigenvalue weighted by Gasteiger charge is 2.34. The molecule has 1 atom stereocenters. The Hall–Kier alpha value is -2.76. The molecule has 0 spiro atoms. The van der Waals surface area contributed by atoms with Gasteiger partial charge in [-0.15, -0.1) is 0 Å². The van der Waals surface area contributed by atoms with E-state index in [4.69, 9.17) is 0 Å². The number of carbonyl (C=O) groups excluding carboxylic acids is 1. The second-order valence-corrected chi connectivity index (χ2v) is 7.39. The first-order valence-electron chi connectivity index (χ1n) is 9.15. The second-order valence-electron chi connectivity index (χ2n) is 6.48. The molecule has 1 nitrogen and oxygen atoms in total. The number of hydrogen-bond donors (Lipinski definition) is 0. The molecule has 134 valence electrons. The summed E-state index contributed by atoms with van der Waals surface area (Å²) in [5, 5.41) is 0. The van der Waals surface area contributed by atoms with Crippen molar-refractivity contribution >= 4 is 20.0 Å². The molecule has 2 heteroatoms. The number of rotatable bonds is 8. The summed E-state index contributed by atoms with van der Waals surface area (Å²) in [6.45, 7) is 0. The zero-order chi connectivity index (χ0) is 19.0. The van der Waals surface area contributed by atoms with Crippen molar-refractivity contribution in [2.45, 2.75) is 18.3 Å². The molecule has 27 heavy (non-hydrogen) atoms. The minimum atomic E-state index is -0.296. The summed E-state index contributed by atoms with van der Waals surface area (Å²) in [6, 6.07) is 31.8. The van der Waals surface area contributed by atoms with Crippen molar-refractivity contribution in [3.8, 4) is 0 Å². The minimum absolute atomic E-state index is 0.108. The van der Waals surface area contributed by atoms with E-state index in [9.17, 15) is 4.79 Å². The maximum atomic E-state index is 11.6. The van der Waals surface area contributed by atoms with Crippen LogP contribution in [-0.4, -0.2) is 11.8 Å². The van der Waals surface area contributed by atoms with Gasteiger partial charge in [0, 0.05) is 5.41 Å². The maximum Gasteiger partial charge on any atom is 0.323 e. The standard InChI is InChI=1S/C25H23OP/c1-27-24(26)19-11-12-20-25(21-13-5-2-6-14-21,22-15-7-3-8-16-22)23-17-9-4-10-18-23/h2-18H,1,19-20H2/p+1. The van der Waals surface area contributed by atoms with Crippen LogP contribution in [0, 0.1) is 0 Å². The first-order chi connectivity index (χ1) is 13.3. The third-order valence-corrected chi connectivity index (χ3v) is 5.49. The van der Waals surface area contributed by atoms with Gasteiger partial charge in [-0.2, -0.15) is 0 Å². The van der Waals surface area contributed by atoms with E-state index >= 15 is 0 Å². The van der Waals surface area contributed by atoms with E-state index in [0.29, 0.717) is 6.42 Å². The molecule has 0 bridgehead atoms. The molecular formula is C25H24OP+. The average Bonchev–Trinajstić information content (AvgIpc) is 2.75. The third-order valence-electron chi connectivity index (χ3n) is 4.89. The van der Waals surface area contributed by atoms with E-state index in [1.807, 2.05) is 24.3 Å². The monoisotopic (exact) mass is 371 g/mol. The Kier molecular flexibility index (Phi) is 6.52. The van der Waals surface area contributed by atoms with Gasteiger partial charge in [0.25, 0.3) is 0 Å². The molecule has 3 aromatic carbocycles. The normalized spacial score (nSPS) is 11.7. The molecule has 0 aliphatic heterocycles. The topological polar surface area (TPSA) is 17.1 Å². The van der Waals surface area contributed by atoms with Crippen LogP contribution in [-0.2, 0) is 10.2 Å². The molecule has 0 radical (unpaired) electrons. The number of benzene rings is 3. The quantitative estimate of drug-likeness (QED) is 0.270. The predicted molar refractivity (Wildman–Crippen MR) is 118 cm³/mol. The molecule has 0 aromatic heterocycles. The van der Waals surface area contributed by atoms with E-state index in [1.165, 1.54) is 16.7 Å². The van der Waals surface area contributed by atoms with Gasteiger partial charge in [0.05, 0.1) is 12.7 Å². The molecule has 3 aromatic rings. The van der Waals surface area contributed by atoms with Crippen LogP contribution in [0.3, 0.4) is 0 Å². The van der Waals surface area contributed by atoms with Gasteiger partial charge < -0.3 is 0 Å². The summed E-state index contributed by atoms with van der Waals surface area (Å²) < 4.78 is 0. The first-order valence-corrected chi connectivity index (χ1v) is 10.4. The lowest BCUT2D eigenvalue weighted by atomic mass is 9.67. The fraction of sp³-hybridized carbons (Fsp3) is 0.120. The van der Waals surface area contributed by atoms with Crippen molar-refractivity contribution in [2.24, 2.45) is 0 Å². The van der Waals surface area contributed by atoms with Crippen LogP contribution >= 0.6 is 8.20 Å². The fourth-order valence-corrected chi connectivity index (χ4v) is 3.81. The molecule has 0 amide bonds. The van der Waals surface area contributed by atoms with Crippen LogP contribution in [0.5, 0.6) is 0 Å². The molecular weight excluding hydrogens is 347 g/mol. The van der Waals surface area contributed by atoms with E-state index in [0.717, 1.165) is 6.42 Å². The van der Waals surface area contributed by atoms with Crippen molar-refractivity contribution in [3.63, 3.8) is 0 Å². The van der Waals surface area contributed by atoms with Crippen LogP contribution < -0.4 is 0 Å². The SMILES string of the molecule is C=[PH+]C(=O)CC=CCC(c1ccccc1)(c1ccccc1)c1ccccc1. The highest BCUT2D eigenvalue weighted by Crippen LogP contribution is 2.42. The Morgan fingerprint density at radius 2 is 1.15 bits per heavy atom. The lowest BCUT2D eigenvalue weighted by molar-refractivity contribution is -0.110. The summed E-state index contributed by atoms with van der Waals surface area (Å²) in [4.78, 5) is 11.6. The number of allylic oxidation sites excluding steroid dienone is 2. The molecule has 0 aliphatic rings. The van der Waals surface area contributed by atoms with Crippen LogP contribution in [0.4, 0.5) is 0 Å². The third kappa shape index (κ3) is 4.32. The van der Waals surface area contributed by atoms with Crippen molar-refractivity contribution in [2.75, 3.05) is 0 Å². The van der Waals surface area contributed by atoms with Gasteiger partial charge in [-0.1, -0.05) is 103 Å². The Morgan fingerprint density at radius 1 is 0.741 bits per heavy atom. The molecule has 3 rings (SSSR count). The van der Waals surface area contributed by atoms with Gasteiger partial charge >= 0.3 is 5.52 Å². The second kappa shape index (κ2) is 9.26. The smallest absolute Gasteiger partial charge is 0.244 e. The zero-order valence-corrected chi connectivity index (χ0v) is 16.3. The Morgan fingerprint density at radius 3 is 1.52 bits per heavy atom. The Bertz CT molecular complexity index is 802. The van der Waals surface area contributed by atoms with Crippen molar-refractivity contribution in [1.29, 1.82) is 0 Å². The summed E-state index contributed by atoms with van der Waals surface area (Å²) in [7, 11) is 0.108. The van der Waals surface area contributed by atoms with Crippen LogP contribution in [0.2, 0.25) is 0 Å². The van der Waals surface area contributed by atoms with Crippen molar-refractivity contribution in [3.05, 3.63) is 120 Å². The highest BCUT2D eigenvalue weighted by molar-refractivity contribution is 7.56. The van der Waals surface area contributed by atoms with Gasteiger partial charge in [-0.25, -0.2) is 4.79 Å². The average molecular weight is 371 g/mol. The van der Waals surface area contributed by atoms with Gasteiger partial charge in [0.15, 0.2) is 0 Å². The number of carbonyl (C=O) groups is 1. The highest BCUT2D eigenvalue weighted by atomic mass is 31.1. The van der Waals surface area contributed by atoms with Gasteiger partial charge in [0.1, 0.15) is 8.20 Å². The fourth-order valence-electron chi connectivity index (χ4n) is 3.54. The summed E-state index contributed by atoms with van der Waals surface area (Å²) in [6.07, 6.45) is 9.08. The lowest BCUT2D eigenvalue weighted by Crippen LogP contribution is -2.28. The molecule has 0 heterocycles. The lowest BCUT2D eigenvalue weighted by Gasteiger charge is -2.35. The molecule has 0 saturated heterocycles. The van der Waals surface area contributed by atoms with Crippen molar-refractivity contribution < 1.29 is 4.79 Å². The Balaban J connectivity index is 2.14. The molecule has 1 unspecified atom stereocenters. The number of hydrogen-bond acceptors (Lipinski definition) is 1. The zero-order valence-electron chi connectivity index (χ0n) is 15.3. The van der Waals surface area contributed by atoms with Gasteiger partial charge in [0.2, 0.25) is 0 Å². The first kappa shape index (κ1) is 19.0. The van der Waals surface area contributed by atoms with Crippen LogP contribution in [0.25, 0.3) is 0 Å². The molecule has 0 fully saturated rings. The van der Waals surface area contributed by atoms with E-state index < -0.39 is 0 Å². The maximum absolute atomic E-state index is 11.6. The van der Waals surface area contributed by atoms with Gasteiger partial charge in [-0.05, 0) is 23.1 Å². The van der Waals surface area contributed by atoms with E-state index in [1.54, 1.807) is 0 Å². The minimum Gasteiger partial charge on any atom is -0.244 e. The van der Waals surface area contributed by atoms with Crippen LogP contribution in [0.15, 0.2) is 103 Å². The molecule has 0 saturated carbocycles. The van der Waals surface area contributed by atoms with E-state index in [2.05, 4.69) is 85.2 Å². The predicted octanol–water partition coefficient (Wildman–Crippen LogP) is 5.99. The summed E-state index contributed by atoms with van der Waals surface area (Å²) in [5.74, 6) is 0.